The maximum atomic E-state index is 12.9. The molecule has 2 aromatic rings. The van der Waals surface area contributed by atoms with Crippen LogP contribution in [0.4, 0.5) is 5.69 Å². The number of sulfonamides is 1. The van der Waals surface area contributed by atoms with E-state index in [0.717, 1.165) is 0 Å². The zero-order chi connectivity index (χ0) is 21.5. The lowest BCUT2D eigenvalue weighted by Crippen LogP contribution is -2.40. The van der Waals surface area contributed by atoms with Gasteiger partial charge in [-0.3, -0.25) is 9.52 Å². The maximum Gasteiger partial charge on any atom is 0.335 e. The largest absolute Gasteiger partial charge is 0.478 e. The Kier molecular flexibility index (Phi) is 4.83. The van der Waals surface area contributed by atoms with E-state index in [0.29, 0.717) is 22.6 Å². The SMILES string of the molecule is CC12CC=C(S(=O)(=O)Nc3ccc(C(=O)O)cc3)C=C1/C(=C\c1nccs1)C(=O)N2. The van der Waals surface area contributed by atoms with E-state index in [-0.39, 0.29) is 22.1 Å². The van der Waals surface area contributed by atoms with E-state index in [4.69, 9.17) is 5.11 Å². The van der Waals surface area contributed by atoms with Crippen LogP contribution in [0.5, 0.6) is 0 Å². The molecule has 0 bridgehead atoms. The molecule has 30 heavy (non-hydrogen) atoms. The van der Waals surface area contributed by atoms with Crippen molar-refractivity contribution in [1.82, 2.24) is 10.3 Å². The molecule has 1 aromatic carbocycles. The highest BCUT2D eigenvalue weighted by Crippen LogP contribution is 2.40. The number of anilines is 1. The first kappa shape index (κ1) is 20.0. The van der Waals surface area contributed by atoms with E-state index in [9.17, 15) is 18.0 Å². The van der Waals surface area contributed by atoms with Crippen molar-refractivity contribution in [2.24, 2.45) is 0 Å². The number of amides is 1. The number of nitrogens with zero attached hydrogens (tertiary/aromatic N) is 1. The van der Waals surface area contributed by atoms with Gasteiger partial charge in [0.2, 0.25) is 0 Å². The van der Waals surface area contributed by atoms with Crippen molar-refractivity contribution < 1.29 is 23.1 Å². The summed E-state index contributed by atoms with van der Waals surface area (Å²) in [6.07, 6.45) is 6.66. The van der Waals surface area contributed by atoms with Crippen molar-refractivity contribution in [3.05, 3.63) is 74.6 Å². The van der Waals surface area contributed by atoms with E-state index < -0.39 is 21.5 Å². The van der Waals surface area contributed by atoms with E-state index in [1.807, 2.05) is 6.92 Å². The predicted molar refractivity (Wildman–Crippen MR) is 113 cm³/mol. The molecule has 0 saturated carbocycles. The number of carboxylic acid groups (broad SMARTS) is 1. The fourth-order valence-electron chi connectivity index (χ4n) is 3.36. The first-order valence-electron chi connectivity index (χ1n) is 8.90. The Bertz CT molecular complexity index is 1230. The van der Waals surface area contributed by atoms with Crippen LogP contribution in [-0.4, -0.2) is 35.9 Å². The molecule has 8 nitrogen and oxygen atoms in total. The first-order chi connectivity index (χ1) is 14.2. The van der Waals surface area contributed by atoms with Gasteiger partial charge >= 0.3 is 5.97 Å². The van der Waals surface area contributed by atoms with Gasteiger partial charge < -0.3 is 10.4 Å². The average molecular weight is 444 g/mol. The normalized spacial score (nSPS) is 22.2. The van der Waals surface area contributed by atoms with E-state index in [1.165, 1.54) is 41.7 Å². The molecule has 1 atom stereocenters. The minimum atomic E-state index is -3.93. The van der Waals surface area contributed by atoms with Crippen molar-refractivity contribution in [3.63, 3.8) is 0 Å². The topological polar surface area (TPSA) is 125 Å². The maximum absolute atomic E-state index is 12.9. The van der Waals surface area contributed by atoms with Gasteiger partial charge in [0.1, 0.15) is 5.01 Å². The van der Waals surface area contributed by atoms with Gasteiger partial charge in [0.25, 0.3) is 15.9 Å². The standard InChI is InChI=1S/C20H17N3O5S2/c1-20-7-6-14(30(27,28)23-13-4-2-12(3-5-13)19(25)26)10-16(20)15(18(24)22-20)11-17-21-8-9-29-17/h2-6,8-11,23H,7H2,1H3,(H,22,24)(H,25,26)/b15-11+. The minimum absolute atomic E-state index is 0.0406. The number of carbonyl (C=O) groups is 2. The lowest BCUT2D eigenvalue weighted by atomic mass is 9.84. The van der Waals surface area contributed by atoms with Gasteiger partial charge in [-0.15, -0.1) is 11.3 Å². The zero-order valence-corrected chi connectivity index (χ0v) is 17.4. The molecule has 0 radical (unpaired) electrons. The number of hydrogen-bond donors (Lipinski definition) is 3. The van der Waals surface area contributed by atoms with Crippen molar-refractivity contribution in [1.29, 1.82) is 0 Å². The number of nitrogens with one attached hydrogen (secondary N) is 2. The highest BCUT2D eigenvalue weighted by atomic mass is 32.2. The van der Waals surface area contributed by atoms with Crippen molar-refractivity contribution in [2.45, 2.75) is 18.9 Å². The van der Waals surface area contributed by atoms with E-state index in [1.54, 1.807) is 23.7 Å². The minimum Gasteiger partial charge on any atom is -0.478 e. The number of carbonyl (C=O) groups excluding carboxylic acids is 1. The molecule has 1 aliphatic heterocycles. The number of allylic oxidation sites excluding steroid dienone is 1. The molecule has 4 rings (SSSR count). The average Bonchev–Trinajstić information content (AvgIpc) is 3.27. The van der Waals surface area contributed by atoms with Gasteiger partial charge in [-0.05, 0) is 55.3 Å². The van der Waals surface area contributed by atoms with Crippen LogP contribution in [-0.2, 0) is 14.8 Å². The molecule has 2 heterocycles. The summed E-state index contributed by atoms with van der Waals surface area (Å²) in [7, 11) is -3.93. The molecular weight excluding hydrogens is 426 g/mol. The van der Waals surface area contributed by atoms with Crippen LogP contribution in [0.15, 0.2) is 64.0 Å². The Labute approximate surface area is 176 Å². The van der Waals surface area contributed by atoms with Crippen LogP contribution in [0.2, 0.25) is 0 Å². The summed E-state index contributed by atoms with van der Waals surface area (Å²) in [5, 5.41) is 14.3. The summed E-state index contributed by atoms with van der Waals surface area (Å²) in [6, 6.07) is 5.41. The molecule has 3 N–H and O–H groups in total. The molecule has 1 amide bonds. The molecule has 10 heteroatoms. The van der Waals surface area contributed by atoms with Crippen LogP contribution >= 0.6 is 11.3 Å². The van der Waals surface area contributed by atoms with Crippen molar-refractivity contribution >= 4 is 45.0 Å². The smallest absolute Gasteiger partial charge is 0.335 e. The lowest BCUT2D eigenvalue weighted by molar-refractivity contribution is -0.117. The van der Waals surface area contributed by atoms with Crippen LogP contribution in [0.1, 0.15) is 28.7 Å². The quantitative estimate of drug-likeness (QED) is 0.610. The molecule has 1 saturated heterocycles. The number of hydrogen-bond acceptors (Lipinski definition) is 6. The summed E-state index contributed by atoms with van der Waals surface area (Å²) >= 11 is 1.38. The van der Waals surface area contributed by atoms with Crippen LogP contribution < -0.4 is 10.0 Å². The van der Waals surface area contributed by atoms with E-state index >= 15 is 0 Å². The number of fused-ring (bicyclic) bond motifs is 1. The molecule has 1 aromatic heterocycles. The monoisotopic (exact) mass is 443 g/mol. The first-order valence-corrected chi connectivity index (χ1v) is 11.3. The summed E-state index contributed by atoms with van der Waals surface area (Å²) in [5.74, 6) is -1.37. The number of benzene rings is 1. The van der Waals surface area contributed by atoms with Gasteiger partial charge in [-0.1, -0.05) is 6.08 Å². The van der Waals surface area contributed by atoms with Crippen LogP contribution in [0.3, 0.4) is 0 Å². The predicted octanol–water partition coefficient (Wildman–Crippen LogP) is 2.77. The number of thiazole rings is 1. The highest BCUT2D eigenvalue weighted by Gasteiger charge is 2.44. The highest BCUT2D eigenvalue weighted by molar-refractivity contribution is 7.96. The van der Waals surface area contributed by atoms with Crippen molar-refractivity contribution in [2.75, 3.05) is 4.72 Å². The Balaban J connectivity index is 1.66. The summed E-state index contributed by atoms with van der Waals surface area (Å²) in [5.41, 5.74) is 0.584. The molecule has 1 aliphatic carbocycles. The lowest BCUT2D eigenvalue weighted by Gasteiger charge is -2.28. The summed E-state index contributed by atoms with van der Waals surface area (Å²) in [6.45, 7) is 1.84. The van der Waals surface area contributed by atoms with Gasteiger partial charge in [-0.25, -0.2) is 18.2 Å². The third kappa shape index (κ3) is 3.66. The number of rotatable bonds is 5. The van der Waals surface area contributed by atoms with Gasteiger partial charge in [0.05, 0.1) is 16.0 Å². The Morgan fingerprint density at radius 1 is 1.33 bits per heavy atom. The second-order valence-corrected chi connectivity index (χ2v) is 9.68. The Hall–Kier alpha value is -3.24. The van der Waals surface area contributed by atoms with Gasteiger partial charge in [0.15, 0.2) is 0 Å². The summed E-state index contributed by atoms with van der Waals surface area (Å²) < 4.78 is 28.2. The summed E-state index contributed by atoms with van der Waals surface area (Å²) in [4.78, 5) is 27.7. The molecule has 1 fully saturated rings. The molecule has 154 valence electrons. The second-order valence-electron chi connectivity index (χ2n) is 7.07. The van der Waals surface area contributed by atoms with Crippen LogP contribution in [0.25, 0.3) is 6.08 Å². The van der Waals surface area contributed by atoms with Crippen LogP contribution in [0, 0.1) is 0 Å². The Morgan fingerprint density at radius 3 is 2.70 bits per heavy atom. The van der Waals surface area contributed by atoms with Gasteiger partial charge in [0, 0.05) is 22.8 Å². The second kappa shape index (κ2) is 7.22. The molecule has 2 aliphatic rings. The van der Waals surface area contributed by atoms with Gasteiger partial charge in [-0.2, -0.15) is 0 Å². The third-order valence-electron chi connectivity index (χ3n) is 4.93. The molecular formula is C20H17N3O5S2. The van der Waals surface area contributed by atoms with E-state index in [2.05, 4.69) is 15.0 Å². The molecule has 0 spiro atoms. The zero-order valence-electron chi connectivity index (χ0n) is 15.7. The number of aromatic nitrogens is 1. The Morgan fingerprint density at radius 2 is 2.07 bits per heavy atom. The molecule has 1 unspecified atom stereocenters. The van der Waals surface area contributed by atoms with Crippen molar-refractivity contribution in [3.8, 4) is 0 Å². The fourth-order valence-corrected chi connectivity index (χ4v) is 5.07. The number of carboxylic acids is 1. The fraction of sp³-hybridized carbons (Fsp3) is 0.150. The number of aromatic carboxylic acids is 1. The third-order valence-corrected chi connectivity index (χ3v) is 7.06.